The second kappa shape index (κ2) is 6.98. The molecule has 0 bridgehead atoms. The number of halogens is 2. The summed E-state index contributed by atoms with van der Waals surface area (Å²) in [5, 5.41) is 15.4. The van der Waals surface area contributed by atoms with Crippen molar-refractivity contribution >= 4 is 34.6 Å². The van der Waals surface area contributed by atoms with Gasteiger partial charge in [-0.05, 0) is 66.8 Å². The van der Waals surface area contributed by atoms with Crippen LogP contribution in [-0.2, 0) is 6.42 Å². The van der Waals surface area contributed by atoms with Crippen LogP contribution in [0.4, 0.5) is 5.69 Å². The Morgan fingerprint density at radius 1 is 0.926 bits per heavy atom. The third-order valence-corrected chi connectivity index (χ3v) is 4.97. The summed E-state index contributed by atoms with van der Waals surface area (Å²) in [6.45, 7) is 4.43. The van der Waals surface area contributed by atoms with Gasteiger partial charge in [0.1, 0.15) is 5.69 Å². The van der Waals surface area contributed by atoms with Gasteiger partial charge < -0.3 is 0 Å². The summed E-state index contributed by atoms with van der Waals surface area (Å²) in [5.74, 6) is 0. The third-order valence-electron chi connectivity index (χ3n) is 4.47. The van der Waals surface area contributed by atoms with Gasteiger partial charge in [-0.3, -0.25) is 5.43 Å². The molecule has 27 heavy (non-hydrogen) atoms. The minimum absolute atomic E-state index is 0.0639. The number of nitrogens with zero attached hydrogens (tertiary/aromatic N) is 4. The number of rotatable bonds is 3. The first-order chi connectivity index (χ1) is 12.9. The predicted octanol–water partition coefficient (Wildman–Crippen LogP) is 5.36. The Bertz CT molecular complexity index is 988. The molecule has 7 heteroatoms. The third kappa shape index (κ3) is 3.99. The molecule has 0 saturated heterocycles. The number of hydrazone groups is 1. The molecule has 1 N–H and O–H groups in total. The summed E-state index contributed by atoms with van der Waals surface area (Å²) in [6, 6.07) is 14.9. The van der Waals surface area contributed by atoms with E-state index in [0.29, 0.717) is 10.0 Å². The van der Waals surface area contributed by atoms with Crippen molar-refractivity contribution < 1.29 is 0 Å². The van der Waals surface area contributed by atoms with Crippen molar-refractivity contribution in [1.82, 2.24) is 15.0 Å². The number of benzene rings is 2. The van der Waals surface area contributed by atoms with Crippen LogP contribution in [0.3, 0.4) is 0 Å². The van der Waals surface area contributed by atoms with Gasteiger partial charge in [-0.25, -0.2) is 0 Å². The van der Waals surface area contributed by atoms with E-state index in [1.165, 1.54) is 0 Å². The van der Waals surface area contributed by atoms with Gasteiger partial charge in [0, 0.05) is 10.0 Å². The lowest BCUT2D eigenvalue weighted by molar-refractivity contribution is 0.367. The molecule has 0 saturated carbocycles. The molecule has 138 valence electrons. The van der Waals surface area contributed by atoms with Gasteiger partial charge in [0.05, 0.1) is 22.8 Å². The Labute approximate surface area is 168 Å². The first-order valence-electron chi connectivity index (χ1n) is 8.70. The molecule has 1 heterocycles. The van der Waals surface area contributed by atoms with E-state index in [4.69, 9.17) is 33.4 Å². The molecule has 0 spiro atoms. The van der Waals surface area contributed by atoms with Crippen LogP contribution in [0.1, 0.15) is 31.7 Å². The quantitative estimate of drug-likeness (QED) is 0.602. The molecule has 0 radical (unpaired) electrons. The van der Waals surface area contributed by atoms with Crippen LogP contribution >= 0.6 is 23.2 Å². The number of fused-ring (bicyclic) bond motifs is 1. The minimum atomic E-state index is 0.0639. The van der Waals surface area contributed by atoms with Gasteiger partial charge in [0.2, 0.25) is 0 Å². The topological polar surface area (TPSA) is 55.1 Å². The monoisotopic (exact) mass is 399 g/mol. The highest BCUT2D eigenvalue weighted by Crippen LogP contribution is 2.34. The van der Waals surface area contributed by atoms with Crippen LogP contribution in [-0.4, -0.2) is 20.7 Å². The van der Waals surface area contributed by atoms with E-state index in [1.54, 1.807) is 4.80 Å². The Hall–Kier alpha value is -2.37. The molecule has 4 rings (SSSR count). The second-order valence-corrected chi connectivity index (χ2v) is 8.33. The first-order valence-corrected chi connectivity index (χ1v) is 9.46. The van der Waals surface area contributed by atoms with Crippen LogP contribution in [0.2, 0.25) is 10.0 Å². The first kappa shape index (κ1) is 18.0. The van der Waals surface area contributed by atoms with Crippen molar-refractivity contribution in [2.24, 2.45) is 10.5 Å². The molecular weight excluding hydrogens is 381 g/mol. The molecule has 3 aromatic rings. The SMILES string of the molecule is CC1(C)C/C(=N/Nc2ccc(Cl)cc2)c2nn(-c3ccc(Cl)cc3)nc2C1. The molecule has 5 nitrogen and oxygen atoms in total. The molecule has 1 aliphatic rings. The zero-order valence-electron chi connectivity index (χ0n) is 15.1. The number of hydrogen-bond acceptors (Lipinski definition) is 4. The molecule has 0 aliphatic heterocycles. The Balaban J connectivity index is 1.68. The second-order valence-electron chi connectivity index (χ2n) is 7.46. The highest BCUT2D eigenvalue weighted by Gasteiger charge is 2.33. The van der Waals surface area contributed by atoms with Crippen LogP contribution in [0.25, 0.3) is 5.69 Å². The van der Waals surface area contributed by atoms with Crippen LogP contribution in [0.5, 0.6) is 0 Å². The molecule has 0 fully saturated rings. The lowest BCUT2D eigenvalue weighted by atomic mass is 9.77. The summed E-state index contributed by atoms with van der Waals surface area (Å²) >= 11 is 11.9. The highest BCUT2D eigenvalue weighted by molar-refractivity contribution is 6.30. The molecular formula is C20H19Cl2N5. The summed E-state index contributed by atoms with van der Waals surface area (Å²) in [6.07, 6.45) is 1.68. The number of aromatic nitrogens is 3. The van der Waals surface area contributed by atoms with Crippen molar-refractivity contribution in [3.63, 3.8) is 0 Å². The fourth-order valence-electron chi connectivity index (χ4n) is 3.17. The van der Waals surface area contributed by atoms with Crippen molar-refractivity contribution in [3.8, 4) is 5.69 Å². The van der Waals surface area contributed by atoms with Crippen LogP contribution < -0.4 is 5.43 Å². The van der Waals surface area contributed by atoms with Crippen molar-refractivity contribution in [1.29, 1.82) is 0 Å². The van der Waals surface area contributed by atoms with Crippen molar-refractivity contribution in [2.45, 2.75) is 26.7 Å². The van der Waals surface area contributed by atoms with E-state index in [2.05, 4.69) is 24.4 Å². The fraction of sp³-hybridized carbons (Fsp3) is 0.250. The van der Waals surface area contributed by atoms with E-state index in [9.17, 15) is 0 Å². The summed E-state index contributed by atoms with van der Waals surface area (Å²) < 4.78 is 0. The molecule has 0 unspecified atom stereocenters. The van der Waals surface area contributed by atoms with E-state index in [1.807, 2.05) is 48.5 Å². The molecule has 0 amide bonds. The number of hydrogen-bond donors (Lipinski definition) is 1. The smallest absolute Gasteiger partial charge is 0.132 e. The van der Waals surface area contributed by atoms with E-state index in [0.717, 1.165) is 41.3 Å². The van der Waals surface area contributed by atoms with E-state index in [-0.39, 0.29) is 5.41 Å². The van der Waals surface area contributed by atoms with E-state index < -0.39 is 0 Å². The minimum Gasteiger partial charge on any atom is -0.278 e. The number of anilines is 1. The fourth-order valence-corrected chi connectivity index (χ4v) is 3.42. The number of nitrogens with one attached hydrogen (secondary N) is 1. The molecule has 1 aromatic heterocycles. The Morgan fingerprint density at radius 2 is 1.56 bits per heavy atom. The van der Waals surface area contributed by atoms with Crippen LogP contribution in [0, 0.1) is 5.41 Å². The molecule has 2 aromatic carbocycles. The lowest BCUT2D eigenvalue weighted by Gasteiger charge is -2.28. The average Bonchev–Trinajstić information content (AvgIpc) is 3.04. The average molecular weight is 400 g/mol. The van der Waals surface area contributed by atoms with E-state index >= 15 is 0 Å². The van der Waals surface area contributed by atoms with Gasteiger partial charge >= 0.3 is 0 Å². The lowest BCUT2D eigenvalue weighted by Crippen LogP contribution is -2.28. The van der Waals surface area contributed by atoms with Gasteiger partial charge in [0.25, 0.3) is 0 Å². The summed E-state index contributed by atoms with van der Waals surface area (Å²) in [4.78, 5) is 1.65. The van der Waals surface area contributed by atoms with Gasteiger partial charge in [-0.15, -0.1) is 5.10 Å². The predicted molar refractivity (Wildman–Crippen MR) is 110 cm³/mol. The van der Waals surface area contributed by atoms with Crippen LogP contribution in [0.15, 0.2) is 53.6 Å². The van der Waals surface area contributed by atoms with Crippen molar-refractivity contribution in [2.75, 3.05) is 5.43 Å². The largest absolute Gasteiger partial charge is 0.278 e. The van der Waals surface area contributed by atoms with Gasteiger partial charge in [-0.2, -0.15) is 15.0 Å². The molecule has 0 atom stereocenters. The maximum absolute atomic E-state index is 5.98. The zero-order chi connectivity index (χ0) is 19.0. The maximum atomic E-state index is 5.98. The standard InChI is InChI=1S/C20H19Cl2N5/c1-20(2)11-17(24-23-15-7-3-13(21)4-8-15)19-18(12-20)25-27(26-19)16-9-5-14(22)6-10-16/h3-10,23H,11-12H2,1-2H3/b24-17-. The highest BCUT2D eigenvalue weighted by atomic mass is 35.5. The van der Waals surface area contributed by atoms with Crippen molar-refractivity contribution in [3.05, 3.63) is 70.0 Å². The van der Waals surface area contributed by atoms with Gasteiger partial charge in [0.15, 0.2) is 0 Å². The summed E-state index contributed by atoms with van der Waals surface area (Å²) in [5.41, 5.74) is 7.62. The summed E-state index contributed by atoms with van der Waals surface area (Å²) in [7, 11) is 0. The van der Waals surface area contributed by atoms with Gasteiger partial charge in [-0.1, -0.05) is 37.0 Å². The maximum Gasteiger partial charge on any atom is 0.132 e. The Kier molecular flexibility index (Phi) is 4.66. The zero-order valence-corrected chi connectivity index (χ0v) is 16.6. The Morgan fingerprint density at radius 3 is 2.22 bits per heavy atom. The molecule has 1 aliphatic carbocycles. The normalized spacial score (nSPS) is 17.0.